The summed E-state index contributed by atoms with van der Waals surface area (Å²) in [6.07, 6.45) is 0.783. The van der Waals surface area contributed by atoms with E-state index >= 15 is 0 Å². The predicted octanol–water partition coefficient (Wildman–Crippen LogP) is 2.61. The summed E-state index contributed by atoms with van der Waals surface area (Å²) in [6, 6.07) is 15.1. The predicted molar refractivity (Wildman–Crippen MR) is 93.4 cm³/mol. The van der Waals surface area contributed by atoms with E-state index in [9.17, 15) is 14.4 Å². The molecule has 1 unspecified atom stereocenters. The van der Waals surface area contributed by atoms with Crippen LogP contribution in [0.4, 0.5) is 11.4 Å². The van der Waals surface area contributed by atoms with Crippen molar-refractivity contribution in [3.8, 4) is 0 Å². The van der Waals surface area contributed by atoms with E-state index in [-0.39, 0.29) is 11.8 Å². The first-order chi connectivity index (χ1) is 12.1. The molecule has 1 fully saturated rings. The number of rotatable bonds is 4. The SMILES string of the molecule is COC(=O)c1cccc(NC(=O)C2CCC(=O)N2c2ccccc2)c1. The number of para-hydroxylation sites is 1. The first-order valence-electron chi connectivity index (χ1n) is 7.96. The molecule has 6 heteroatoms. The third kappa shape index (κ3) is 3.52. The average molecular weight is 338 g/mol. The first kappa shape index (κ1) is 16.7. The van der Waals surface area contributed by atoms with Crippen molar-refractivity contribution >= 4 is 29.2 Å². The Labute approximate surface area is 145 Å². The van der Waals surface area contributed by atoms with E-state index in [1.807, 2.05) is 18.2 Å². The Bertz CT molecular complexity index is 804. The summed E-state index contributed by atoms with van der Waals surface area (Å²) < 4.78 is 4.68. The summed E-state index contributed by atoms with van der Waals surface area (Å²) in [5.41, 5.74) is 1.54. The number of methoxy groups -OCH3 is 1. The Morgan fingerprint density at radius 1 is 1.12 bits per heavy atom. The van der Waals surface area contributed by atoms with Crippen molar-refractivity contribution in [3.05, 3.63) is 60.2 Å². The van der Waals surface area contributed by atoms with Gasteiger partial charge in [0, 0.05) is 17.8 Å². The first-order valence-corrected chi connectivity index (χ1v) is 7.96. The molecule has 1 aliphatic rings. The third-order valence-corrected chi connectivity index (χ3v) is 4.10. The lowest BCUT2D eigenvalue weighted by atomic mass is 10.1. The van der Waals surface area contributed by atoms with Crippen LogP contribution in [0.25, 0.3) is 0 Å². The standard InChI is InChI=1S/C19H18N2O4/c1-25-19(24)13-6-5-7-14(12-13)20-18(23)16-10-11-17(22)21(16)15-8-3-2-4-9-15/h2-9,12,16H,10-11H2,1H3,(H,20,23). The van der Waals surface area contributed by atoms with Gasteiger partial charge in [-0.3, -0.25) is 14.5 Å². The van der Waals surface area contributed by atoms with Crippen LogP contribution in [0, 0.1) is 0 Å². The summed E-state index contributed by atoms with van der Waals surface area (Å²) in [6.45, 7) is 0. The van der Waals surface area contributed by atoms with Crippen molar-refractivity contribution < 1.29 is 19.1 Å². The highest BCUT2D eigenvalue weighted by Crippen LogP contribution is 2.27. The van der Waals surface area contributed by atoms with Crippen molar-refractivity contribution in [2.24, 2.45) is 0 Å². The maximum atomic E-state index is 12.7. The largest absolute Gasteiger partial charge is 0.465 e. The minimum Gasteiger partial charge on any atom is -0.465 e. The number of nitrogens with zero attached hydrogens (tertiary/aromatic N) is 1. The van der Waals surface area contributed by atoms with Crippen LogP contribution in [0.1, 0.15) is 23.2 Å². The average Bonchev–Trinajstić information content (AvgIpc) is 3.03. The molecule has 6 nitrogen and oxygen atoms in total. The van der Waals surface area contributed by atoms with Gasteiger partial charge in [0.1, 0.15) is 6.04 Å². The molecule has 1 heterocycles. The molecule has 0 radical (unpaired) electrons. The number of hydrogen-bond donors (Lipinski definition) is 1. The zero-order chi connectivity index (χ0) is 17.8. The molecule has 0 aliphatic carbocycles. The zero-order valence-electron chi connectivity index (χ0n) is 13.8. The van der Waals surface area contributed by atoms with E-state index in [0.29, 0.717) is 29.8 Å². The van der Waals surface area contributed by atoms with Crippen LogP contribution in [0.3, 0.4) is 0 Å². The number of carbonyl (C=O) groups excluding carboxylic acids is 3. The molecular formula is C19H18N2O4. The van der Waals surface area contributed by atoms with Crippen LogP contribution in [0.2, 0.25) is 0 Å². The number of anilines is 2. The van der Waals surface area contributed by atoms with Crippen LogP contribution in [-0.2, 0) is 14.3 Å². The molecular weight excluding hydrogens is 320 g/mol. The minimum atomic E-state index is -0.573. The molecule has 25 heavy (non-hydrogen) atoms. The van der Waals surface area contributed by atoms with Crippen LogP contribution < -0.4 is 10.2 Å². The molecule has 3 rings (SSSR count). The lowest BCUT2D eigenvalue weighted by Crippen LogP contribution is -2.41. The van der Waals surface area contributed by atoms with Crippen LogP contribution in [-0.4, -0.2) is 30.9 Å². The third-order valence-electron chi connectivity index (χ3n) is 4.10. The van der Waals surface area contributed by atoms with Crippen LogP contribution >= 0.6 is 0 Å². The van der Waals surface area contributed by atoms with Crippen molar-refractivity contribution in [2.45, 2.75) is 18.9 Å². The van der Waals surface area contributed by atoms with E-state index in [1.54, 1.807) is 36.4 Å². The molecule has 0 saturated carbocycles. The summed E-state index contributed by atoms with van der Waals surface area (Å²) in [7, 11) is 1.30. The molecule has 0 spiro atoms. The van der Waals surface area contributed by atoms with Gasteiger partial charge in [-0.2, -0.15) is 0 Å². The van der Waals surface area contributed by atoms with Gasteiger partial charge in [0.15, 0.2) is 0 Å². The number of amides is 2. The number of hydrogen-bond acceptors (Lipinski definition) is 4. The Hall–Kier alpha value is -3.15. The molecule has 2 amide bonds. The van der Waals surface area contributed by atoms with E-state index < -0.39 is 12.0 Å². The Morgan fingerprint density at radius 3 is 2.60 bits per heavy atom. The quantitative estimate of drug-likeness (QED) is 0.870. The maximum absolute atomic E-state index is 12.7. The number of carbonyl (C=O) groups is 3. The van der Waals surface area contributed by atoms with Gasteiger partial charge < -0.3 is 10.1 Å². The van der Waals surface area contributed by atoms with E-state index in [2.05, 4.69) is 10.1 Å². The molecule has 128 valence electrons. The number of ether oxygens (including phenoxy) is 1. The molecule has 0 bridgehead atoms. The Balaban J connectivity index is 1.79. The number of benzene rings is 2. The van der Waals surface area contributed by atoms with Gasteiger partial charge in [-0.05, 0) is 36.8 Å². The molecule has 2 aromatic rings. The lowest BCUT2D eigenvalue weighted by Gasteiger charge is -2.24. The van der Waals surface area contributed by atoms with Gasteiger partial charge in [0.2, 0.25) is 11.8 Å². The fourth-order valence-corrected chi connectivity index (χ4v) is 2.91. The zero-order valence-corrected chi connectivity index (χ0v) is 13.8. The van der Waals surface area contributed by atoms with Gasteiger partial charge in [-0.1, -0.05) is 24.3 Å². The van der Waals surface area contributed by atoms with Crippen molar-refractivity contribution in [1.82, 2.24) is 0 Å². The summed E-state index contributed by atoms with van der Waals surface area (Å²) in [5, 5.41) is 2.78. The molecule has 1 saturated heterocycles. The topological polar surface area (TPSA) is 75.7 Å². The summed E-state index contributed by atoms with van der Waals surface area (Å²) in [4.78, 5) is 38.0. The maximum Gasteiger partial charge on any atom is 0.337 e. The van der Waals surface area contributed by atoms with Gasteiger partial charge in [0.05, 0.1) is 12.7 Å². The Kier molecular flexibility index (Phi) is 4.79. The monoisotopic (exact) mass is 338 g/mol. The van der Waals surface area contributed by atoms with Gasteiger partial charge in [0.25, 0.3) is 0 Å². The fourth-order valence-electron chi connectivity index (χ4n) is 2.91. The second-order valence-corrected chi connectivity index (χ2v) is 5.72. The highest BCUT2D eigenvalue weighted by molar-refractivity contribution is 6.07. The normalized spacial score (nSPS) is 16.6. The highest BCUT2D eigenvalue weighted by Gasteiger charge is 2.37. The van der Waals surface area contributed by atoms with Crippen LogP contribution in [0.5, 0.6) is 0 Å². The second-order valence-electron chi connectivity index (χ2n) is 5.72. The lowest BCUT2D eigenvalue weighted by molar-refractivity contribution is -0.120. The van der Waals surface area contributed by atoms with E-state index in [1.165, 1.54) is 12.0 Å². The molecule has 1 atom stereocenters. The molecule has 2 aromatic carbocycles. The van der Waals surface area contributed by atoms with Crippen molar-refractivity contribution in [3.63, 3.8) is 0 Å². The fraction of sp³-hybridized carbons (Fsp3) is 0.211. The molecule has 0 aromatic heterocycles. The van der Waals surface area contributed by atoms with Gasteiger partial charge >= 0.3 is 5.97 Å². The highest BCUT2D eigenvalue weighted by atomic mass is 16.5. The smallest absolute Gasteiger partial charge is 0.337 e. The van der Waals surface area contributed by atoms with Gasteiger partial charge in [-0.15, -0.1) is 0 Å². The van der Waals surface area contributed by atoms with E-state index in [0.717, 1.165) is 0 Å². The second kappa shape index (κ2) is 7.17. The summed E-state index contributed by atoms with van der Waals surface area (Å²) >= 11 is 0. The number of esters is 1. The van der Waals surface area contributed by atoms with Crippen molar-refractivity contribution in [2.75, 3.05) is 17.3 Å². The number of nitrogens with one attached hydrogen (secondary N) is 1. The molecule has 1 N–H and O–H groups in total. The minimum absolute atomic E-state index is 0.0744. The van der Waals surface area contributed by atoms with Crippen molar-refractivity contribution in [1.29, 1.82) is 0 Å². The van der Waals surface area contributed by atoms with Gasteiger partial charge in [-0.25, -0.2) is 4.79 Å². The van der Waals surface area contributed by atoms with Crippen LogP contribution in [0.15, 0.2) is 54.6 Å². The Morgan fingerprint density at radius 2 is 1.88 bits per heavy atom. The van der Waals surface area contributed by atoms with E-state index in [4.69, 9.17) is 0 Å². The summed E-state index contributed by atoms with van der Waals surface area (Å²) in [5.74, 6) is -0.829. The molecule has 1 aliphatic heterocycles.